The van der Waals surface area contributed by atoms with Gasteiger partial charge in [-0.3, -0.25) is 0 Å². The van der Waals surface area contributed by atoms with Gasteiger partial charge in [0.25, 0.3) is 0 Å². The first-order chi connectivity index (χ1) is 8.26. The van der Waals surface area contributed by atoms with Crippen LogP contribution < -0.4 is 10.1 Å². The molecule has 3 unspecified atom stereocenters. The summed E-state index contributed by atoms with van der Waals surface area (Å²) in [5.74, 6) is 1.47. The van der Waals surface area contributed by atoms with Crippen molar-refractivity contribution in [3.8, 4) is 5.75 Å². The normalized spacial score (nSPS) is 25.8. The standard InChI is InChI=1S/C14H21NO2/c1-10-8-11(9-17-10)14(15-2)12-6-4-5-7-13(12)16-3/h4-7,10-11,14-15H,8-9H2,1-3H3. The lowest BCUT2D eigenvalue weighted by atomic mass is 9.90. The predicted octanol–water partition coefficient (Wildman–Crippen LogP) is 2.38. The fourth-order valence-electron chi connectivity index (χ4n) is 2.65. The summed E-state index contributed by atoms with van der Waals surface area (Å²) in [5, 5.41) is 3.40. The number of ether oxygens (including phenoxy) is 2. The van der Waals surface area contributed by atoms with E-state index in [0.29, 0.717) is 18.1 Å². The Morgan fingerprint density at radius 1 is 1.41 bits per heavy atom. The minimum Gasteiger partial charge on any atom is -0.496 e. The van der Waals surface area contributed by atoms with Gasteiger partial charge >= 0.3 is 0 Å². The van der Waals surface area contributed by atoms with Crippen LogP contribution in [-0.2, 0) is 4.74 Å². The summed E-state index contributed by atoms with van der Waals surface area (Å²) in [7, 11) is 3.72. The van der Waals surface area contributed by atoms with Gasteiger partial charge in [-0.2, -0.15) is 0 Å². The highest BCUT2D eigenvalue weighted by Gasteiger charge is 2.31. The Labute approximate surface area is 103 Å². The Morgan fingerprint density at radius 3 is 2.76 bits per heavy atom. The van der Waals surface area contributed by atoms with Crippen LogP contribution in [0.25, 0.3) is 0 Å². The zero-order chi connectivity index (χ0) is 12.3. The van der Waals surface area contributed by atoms with Crippen molar-refractivity contribution in [1.29, 1.82) is 0 Å². The summed E-state index contributed by atoms with van der Waals surface area (Å²) < 4.78 is 11.1. The number of para-hydroxylation sites is 1. The second-order valence-corrected chi connectivity index (χ2v) is 4.65. The van der Waals surface area contributed by atoms with Crippen LogP contribution in [0.5, 0.6) is 5.75 Å². The highest BCUT2D eigenvalue weighted by Crippen LogP contribution is 2.35. The quantitative estimate of drug-likeness (QED) is 0.869. The topological polar surface area (TPSA) is 30.5 Å². The van der Waals surface area contributed by atoms with Gasteiger partial charge in [0.1, 0.15) is 5.75 Å². The monoisotopic (exact) mass is 235 g/mol. The van der Waals surface area contributed by atoms with E-state index in [2.05, 4.69) is 24.4 Å². The van der Waals surface area contributed by atoms with Crippen LogP contribution in [0.3, 0.4) is 0 Å². The number of hydrogen-bond acceptors (Lipinski definition) is 3. The third-order valence-corrected chi connectivity index (χ3v) is 3.49. The van der Waals surface area contributed by atoms with Crippen LogP contribution in [0, 0.1) is 5.92 Å². The van der Waals surface area contributed by atoms with Crippen LogP contribution in [0.4, 0.5) is 0 Å². The molecule has 1 N–H and O–H groups in total. The van der Waals surface area contributed by atoms with Crippen molar-refractivity contribution < 1.29 is 9.47 Å². The number of rotatable bonds is 4. The first-order valence-corrected chi connectivity index (χ1v) is 6.18. The van der Waals surface area contributed by atoms with Crippen molar-refractivity contribution in [2.75, 3.05) is 20.8 Å². The zero-order valence-electron chi connectivity index (χ0n) is 10.8. The Balaban J connectivity index is 2.22. The van der Waals surface area contributed by atoms with Gasteiger partial charge in [0.05, 0.1) is 19.8 Å². The molecule has 3 heteroatoms. The van der Waals surface area contributed by atoms with E-state index in [4.69, 9.17) is 9.47 Å². The maximum absolute atomic E-state index is 5.66. The lowest BCUT2D eigenvalue weighted by Crippen LogP contribution is -2.26. The molecule has 0 amide bonds. The molecule has 1 aliphatic heterocycles. The Hall–Kier alpha value is -1.06. The average Bonchev–Trinajstić information content (AvgIpc) is 2.77. The molecule has 1 saturated heterocycles. The summed E-state index contributed by atoms with van der Waals surface area (Å²) in [6.45, 7) is 2.96. The molecule has 3 atom stereocenters. The van der Waals surface area contributed by atoms with Crippen LogP contribution in [0.15, 0.2) is 24.3 Å². The number of hydrogen-bond donors (Lipinski definition) is 1. The van der Waals surface area contributed by atoms with Gasteiger partial charge in [-0.25, -0.2) is 0 Å². The molecule has 0 aromatic heterocycles. The predicted molar refractivity (Wildman–Crippen MR) is 68.3 cm³/mol. The van der Waals surface area contributed by atoms with E-state index < -0.39 is 0 Å². The summed E-state index contributed by atoms with van der Waals surface area (Å²) in [6.07, 6.45) is 1.47. The maximum Gasteiger partial charge on any atom is 0.123 e. The molecular weight excluding hydrogens is 214 g/mol. The van der Waals surface area contributed by atoms with Gasteiger partial charge in [0, 0.05) is 17.5 Å². The van der Waals surface area contributed by atoms with Crippen molar-refractivity contribution in [2.24, 2.45) is 5.92 Å². The van der Waals surface area contributed by atoms with E-state index in [1.807, 2.05) is 19.2 Å². The van der Waals surface area contributed by atoms with Gasteiger partial charge in [-0.1, -0.05) is 18.2 Å². The Kier molecular flexibility index (Phi) is 4.02. The van der Waals surface area contributed by atoms with Crippen molar-refractivity contribution in [1.82, 2.24) is 5.32 Å². The molecular formula is C14H21NO2. The first-order valence-electron chi connectivity index (χ1n) is 6.18. The van der Waals surface area contributed by atoms with Crippen LogP contribution in [0.1, 0.15) is 24.9 Å². The molecule has 1 fully saturated rings. The molecule has 1 aliphatic rings. The fraction of sp³-hybridized carbons (Fsp3) is 0.571. The number of nitrogens with one attached hydrogen (secondary N) is 1. The van der Waals surface area contributed by atoms with Gasteiger partial charge in [0.2, 0.25) is 0 Å². The minimum absolute atomic E-state index is 0.302. The third kappa shape index (κ3) is 2.61. The zero-order valence-corrected chi connectivity index (χ0v) is 10.8. The fourth-order valence-corrected chi connectivity index (χ4v) is 2.65. The van der Waals surface area contributed by atoms with Crippen molar-refractivity contribution in [2.45, 2.75) is 25.5 Å². The average molecular weight is 235 g/mol. The van der Waals surface area contributed by atoms with E-state index in [9.17, 15) is 0 Å². The van der Waals surface area contributed by atoms with Crippen molar-refractivity contribution >= 4 is 0 Å². The van der Waals surface area contributed by atoms with Gasteiger partial charge in [-0.15, -0.1) is 0 Å². The highest BCUT2D eigenvalue weighted by atomic mass is 16.5. The lowest BCUT2D eigenvalue weighted by molar-refractivity contribution is 0.117. The Bertz CT molecular complexity index is 367. The second kappa shape index (κ2) is 5.52. The van der Waals surface area contributed by atoms with Gasteiger partial charge < -0.3 is 14.8 Å². The summed E-state index contributed by atoms with van der Waals surface area (Å²) >= 11 is 0. The summed E-state index contributed by atoms with van der Waals surface area (Å²) in [4.78, 5) is 0. The van der Waals surface area contributed by atoms with Crippen LogP contribution in [0.2, 0.25) is 0 Å². The van der Waals surface area contributed by atoms with E-state index >= 15 is 0 Å². The first kappa shape index (κ1) is 12.4. The SMILES string of the molecule is CNC(c1ccccc1OC)C1COC(C)C1. The molecule has 1 aromatic carbocycles. The van der Waals surface area contributed by atoms with Crippen molar-refractivity contribution in [3.05, 3.63) is 29.8 Å². The minimum atomic E-state index is 0.302. The van der Waals surface area contributed by atoms with Crippen LogP contribution >= 0.6 is 0 Å². The molecule has 1 aromatic rings. The Morgan fingerprint density at radius 2 is 2.18 bits per heavy atom. The molecule has 0 radical (unpaired) electrons. The summed E-state index contributed by atoms with van der Waals surface area (Å²) in [5.41, 5.74) is 1.22. The summed E-state index contributed by atoms with van der Waals surface area (Å²) in [6, 6.07) is 8.50. The van der Waals surface area contributed by atoms with E-state index in [0.717, 1.165) is 18.8 Å². The molecule has 3 nitrogen and oxygen atoms in total. The molecule has 1 heterocycles. The lowest BCUT2D eigenvalue weighted by Gasteiger charge is -2.24. The molecule has 0 bridgehead atoms. The molecule has 2 rings (SSSR count). The second-order valence-electron chi connectivity index (χ2n) is 4.65. The van der Waals surface area contributed by atoms with Gasteiger partial charge in [0.15, 0.2) is 0 Å². The largest absolute Gasteiger partial charge is 0.496 e. The molecule has 94 valence electrons. The molecule has 0 aliphatic carbocycles. The molecule has 0 saturated carbocycles. The maximum atomic E-state index is 5.66. The third-order valence-electron chi connectivity index (χ3n) is 3.49. The van der Waals surface area contributed by atoms with E-state index in [-0.39, 0.29) is 0 Å². The van der Waals surface area contributed by atoms with E-state index in [1.165, 1.54) is 5.56 Å². The van der Waals surface area contributed by atoms with E-state index in [1.54, 1.807) is 7.11 Å². The number of methoxy groups -OCH3 is 1. The molecule has 0 spiro atoms. The van der Waals surface area contributed by atoms with Crippen molar-refractivity contribution in [3.63, 3.8) is 0 Å². The smallest absolute Gasteiger partial charge is 0.123 e. The highest BCUT2D eigenvalue weighted by molar-refractivity contribution is 5.36. The van der Waals surface area contributed by atoms with Gasteiger partial charge in [-0.05, 0) is 26.5 Å². The molecule has 17 heavy (non-hydrogen) atoms. The van der Waals surface area contributed by atoms with Crippen LogP contribution in [-0.4, -0.2) is 26.9 Å². The number of benzene rings is 1.